The van der Waals surface area contributed by atoms with Gasteiger partial charge in [-0.05, 0) is 105 Å². The van der Waals surface area contributed by atoms with Crippen LogP contribution in [-0.4, -0.2) is 61.6 Å². The Kier molecular flexibility index (Phi) is 26.8. The van der Waals surface area contributed by atoms with Crippen LogP contribution >= 0.6 is 0 Å². The number of nitrogens with one attached hydrogen (secondary N) is 1. The molecule has 1 unspecified atom stereocenters. The predicted octanol–water partition coefficient (Wildman–Crippen LogP) is 8.20. The van der Waals surface area contributed by atoms with E-state index in [-0.39, 0.29) is 31.1 Å². The molecule has 1 aliphatic carbocycles. The van der Waals surface area contributed by atoms with Crippen LogP contribution in [0.1, 0.15) is 122 Å². The second-order valence-electron chi connectivity index (χ2n) is 10.8. The molecule has 0 saturated carbocycles. The lowest BCUT2D eigenvalue weighted by atomic mass is 9.65. The fourth-order valence-corrected chi connectivity index (χ4v) is 5.30. The van der Waals surface area contributed by atoms with Crippen molar-refractivity contribution in [1.82, 2.24) is 10.2 Å². The lowest BCUT2D eigenvalue weighted by Gasteiger charge is -2.46. The van der Waals surface area contributed by atoms with Crippen LogP contribution in [0.5, 0.6) is 0 Å². The molecule has 4 rings (SSSR count). The molecule has 1 spiro atoms. The zero-order valence-corrected chi connectivity index (χ0v) is 22.6. The van der Waals surface area contributed by atoms with Gasteiger partial charge in [-0.3, -0.25) is 0 Å². The molecule has 226 valence electrons. The Bertz CT molecular complexity index is 620. The van der Waals surface area contributed by atoms with E-state index in [1.165, 1.54) is 71.0 Å². The number of aliphatic hydroxyl groups excluding tert-OH is 2. The summed E-state index contributed by atoms with van der Waals surface area (Å²) in [5, 5.41) is 18.9. The maximum absolute atomic E-state index is 8.65. The molecular formula is C33H72N2O2. The van der Waals surface area contributed by atoms with E-state index >= 15 is 0 Å². The minimum absolute atomic E-state index is 0. The number of hydrogen-bond donors (Lipinski definition) is 3. The number of aryl methyl sites for hydroxylation is 1. The fourth-order valence-electron chi connectivity index (χ4n) is 5.30. The summed E-state index contributed by atoms with van der Waals surface area (Å²) in [6.45, 7) is 17.4. The van der Waals surface area contributed by atoms with E-state index < -0.39 is 0 Å². The molecule has 3 N–H and O–H groups in total. The van der Waals surface area contributed by atoms with E-state index in [0.717, 1.165) is 20.2 Å². The van der Waals surface area contributed by atoms with Gasteiger partial charge in [0.25, 0.3) is 0 Å². The maximum Gasteiger partial charge on any atom is 0.0471 e. The molecule has 4 nitrogen and oxygen atoms in total. The fraction of sp³-hybridized carbons (Fsp3) is 0.818. The molecule has 0 aromatic heterocycles. The molecule has 2 saturated heterocycles. The lowest BCUT2D eigenvalue weighted by Crippen LogP contribution is -2.45. The minimum Gasteiger partial charge on any atom is -0.400 e. The number of likely N-dealkylation sites (tertiary alicyclic amines) is 1. The van der Waals surface area contributed by atoms with Gasteiger partial charge in [-0.1, -0.05) is 88.6 Å². The number of fused-ring (bicyclic) bond motifs is 2. The molecule has 1 aromatic rings. The van der Waals surface area contributed by atoms with Crippen molar-refractivity contribution in [1.29, 1.82) is 0 Å². The number of aliphatic hydroxyl groups is 2. The summed E-state index contributed by atoms with van der Waals surface area (Å²) >= 11 is 0. The van der Waals surface area contributed by atoms with Gasteiger partial charge >= 0.3 is 0 Å². The van der Waals surface area contributed by atoms with Crippen molar-refractivity contribution < 1.29 is 11.6 Å². The average Bonchev–Trinajstić information content (AvgIpc) is 2.87. The van der Waals surface area contributed by atoms with Crippen LogP contribution in [-0.2, 0) is 11.8 Å². The molecule has 0 amide bonds. The summed E-state index contributed by atoms with van der Waals surface area (Å²) < 4.78 is 0. The van der Waals surface area contributed by atoms with Crippen LogP contribution in [0.2, 0.25) is 0 Å². The largest absolute Gasteiger partial charge is 0.400 e. The van der Waals surface area contributed by atoms with Crippen LogP contribution in [0.15, 0.2) is 24.3 Å². The van der Waals surface area contributed by atoms with E-state index in [2.05, 4.69) is 55.3 Å². The van der Waals surface area contributed by atoms with E-state index in [1.807, 2.05) is 13.8 Å². The SMILES string of the molecule is C.C.C.C.CC.CC(C)(C)CCN1CCC2(CCCc3ccccc32)CC1.CO.OCC1CCCNC1.[HH]. The highest BCUT2D eigenvalue weighted by Crippen LogP contribution is 2.44. The Morgan fingerprint density at radius 3 is 2.05 bits per heavy atom. The Hall–Kier alpha value is -0.940. The third kappa shape index (κ3) is 14.7. The van der Waals surface area contributed by atoms with Crippen molar-refractivity contribution in [2.75, 3.05) is 46.4 Å². The summed E-state index contributed by atoms with van der Waals surface area (Å²) in [6.07, 6.45) is 10.6. The number of rotatable bonds is 3. The normalized spacial score (nSPS) is 19.5. The summed E-state index contributed by atoms with van der Waals surface area (Å²) in [6, 6.07) is 9.25. The molecule has 2 aliphatic heterocycles. The maximum atomic E-state index is 8.65. The Morgan fingerprint density at radius 2 is 1.57 bits per heavy atom. The topological polar surface area (TPSA) is 55.7 Å². The molecule has 2 heterocycles. The molecule has 4 heteroatoms. The van der Waals surface area contributed by atoms with Crippen LogP contribution in [0, 0.1) is 11.3 Å². The number of hydrogen-bond acceptors (Lipinski definition) is 4. The molecule has 2 fully saturated rings. The quantitative estimate of drug-likeness (QED) is 0.370. The second kappa shape index (κ2) is 23.0. The molecule has 1 atom stereocenters. The minimum atomic E-state index is 0. The third-order valence-electron chi connectivity index (χ3n) is 7.34. The van der Waals surface area contributed by atoms with Gasteiger partial charge in [-0.15, -0.1) is 0 Å². The summed E-state index contributed by atoms with van der Waals surface area (Å²) in [5.74, 6) is 0.531. The summed E-state index contributed by atoms with van der Waals surface area (Å²) in [4.78, 5) is 2.70. The average molecular weight is 529 g/mol. The highest BCUT2D eigenvalue weighted by atomic mass is 16.3. The highest BCUT2D eigenvalue weighted by Gasteiger charge is 2.39. The van der Waals surface area contributed by atoms with E-state index in [1.54, 1.807) is 11.1 Å². The summed E-state index contributed by atoms with van der Waals surface area (Å²) in [5.41, 5.74) is 4.29. The Balaban J connectivity index is -0.000000184. The molecule has 37 heavy (non-hydrogen) atoms. The monoisotopic (exact) mass is 529 g/mol. The second-order valence-corrected chi connectivity index (χ2v) is 10.8. The lowest BCUT2D eigenvalue weighted by molar-refractivity contribution is 0.132. The first-order chi connectivity index (χ1) is 15.9. The van der Waals surface area contributed by atoms with Crippen molar-refractivity contribution in [3.8, 4) is 0 Å². The highest BCUT2D eigenvalue weighted by molar-refractivity contribution is 5.37. The first kappa shape index (κ1) is 43.1. The smallest absolute Gasteiger partial charge is 0.0471 e. The first-order valence-electron chi connectivity index (χ1n) is 13.5. The first-order valence-corrected chi connectivity index (χ1v) is 13.5. The van der Waals surface area contributed by atoms with E-state index in [9.17, 15) is 0 Å². The Labute approximate surface area is 236 Å². The standard InChI is InChI=1S/C20H31N.C6H13NO.C2H6.CH4O.4CH4.H2/c1-19(2,3)11-14-21-15-12-20(13-16-21)10-6-8-17-7-4-5-9-18(17)20;8-5-6-2-1-3-7-4-6;2*1-2;;;;;/h4-5,7,9H,6,8,10-16H2,1-3H3;6-8H,1-5H2;1-2H3;2H,1H3;4*1H4;1H. The van der Waals surface area contributed by atoms with Crippen molar-refractivity contribution in [3.63, 3.8) is 0 Å². The molecular weight excluding hydrogens is 456 g/mol. The van der Waals surface area contributed by atoms with Crippen molar-refractivity contribution >= 4 is 0 Å². The van der Waals surface area contributed by atoms with Crippen molar-refractivity contribution in [3.05, 3.63) is 35.4 Å². The molecule has 1 aromatic carbocycles. The van der Waals surface area contributed by atoms with Crippen molar-refractivity contribution in [2.24, 2.45) is 11.3 Å². The van der Waals surface area contributed by atoms with Gasteiger partial charge in [0.05, 0.1) is 0 Å². The summed E-state index contributed by atoms with van der Waals surface area (Å²) in [7, 11) is 1.00. The Morgan fingerprint density at radius 1 is 0.973 bits per heavy atom. The van der Waals surface area contributed by atoms with E-state index in [0.29, 0.717) is 23.4 Å². The third-order valence-corrected chi connectivity index (χ3v) is 7.34. The van der Waals surface area contributed by atoms with Gasteiger partial charge in [-0.2, -0.15) is 0 Å². The van der Waals surface area contributed by atoms with Gasteiger partial charge in [-0.25, -0.2) is 0 Å². The predicted molar refractivity (Wildman–Crippen MR) is 172 cm³/mol. The van der Waals surface area contributed by atoms with Gasteiger partial charge < -0.3 is 20.4 Å². The van der Waals surface area contributed by atoms with Crippen LogP contribution in [0.25, 0.3) is 0 Å². The van der Waals surface area contributed by atoms with Crippen molar-refractivity contribution in [2.45, 2.75) is 121 Å². The van der Waals surface area contributed by atoms with E-state index in [4.69, 9.17) is 10.2 Å². The molecule has 3 aliphatic rings. The zero-order valence-electron chi connectivity index (χ0n) is 22.6. The zero-order chi connectivity index (χ0) is 24.7. The van der Waals surface area contributed by atoms with Crippen LogP contribution in [0.4, 0.5) is 0 Å². The number of piperidine rings is 2. The van der Waals surface area contributed by atoms with Crippen LogP contribution in [0.3, 0.4) is 0 Å². The number of nitrogens with zero attached hydrogens (tertiary/aromatic N) is 1. The van der Waals surface area contributed by atoms with Crippen LogP contribution < -0.4 is 5.32 Å². The van der Waals surface area contributed by atoms with Gasteiger partial charge in [0.1, 0.15) is 0 Å². The van der Waals surface area contributed by atoms with Gasteiger partial charge in [0.2, 0.25) is 0 Å². The molecule has 0 radical (unpaired) electrons. The van der Waals surface area contributed by atoms with Gasteiger partial charge in [0.15, 0.2) is 0 Å². The van der Waals surface area contributed by atoms with Gasteiger partial charge in [0, 0.05) is 21.7 Å². The number of benzene rings is 1. The molecule has 0 bridgehead atoms.